The lowest BCUT2D eigenvalue weighted by molar-refractivity contribution is 0.0163. The molecule has 1 unspecified atom stereocenters. The Kier molecular flexibility index (Phi) is 5.07. The molecule has 1 aromatic heterocycles. The summed E-state index contributed by atoms with van der Waals surface area (Å²) in [6, 6.07) is 5.36. The number of nitrogens with zero attached hydrogens (tertiary/aromatic N) is 4. The number of aromatic nitrogens is 4. The molecule has 0 saturated carbocycles. The highest BCUT2D eigenvalue weighted by atomic mass is 16.5. The summed E-state index contributed by atoms with van der Waals surface area (Å²) in [5.41, 5.74) is 7.23. The summed E-state index contributed by atoms with van der Waals surface area (Å²) in [4.78, 5) is 0. The van der Waals surface area contributed by atoms with E-state index in [-0.39, 0.29) is 6.10 Å². The van der Waals surface area contributed by atoms with Crippen LogP contribution in [0.25, 0.3) is 11.4 Å². The Labute approximate surface area is 122 Å². The number of nitrogen functional groups attached to an aromatic ring is 1. The second-order valence-electron chi connectivity index (χ2n) is 4.49. The number of hydrogen-bond donors (Lipinski definition) is 1. The molecule has 0 aliphatic carbocycles. The Morgan fingerprint density at radius 1 is 1.24 bits per heavy atom. The molecule has 114 valence electrons. The minimum atomic E-state index is -0.139. The van der Waals surface area contributed by atoms with Crippen molar-refractivity contribution in [2.45, 2.75) is 12.6 Å². The third-order valence-corrected chi connectivity index (χ3v) is 3.02. The zero-order chi connectivity index (χ0) is 15.2. The molecule has 2 N–H and O–H groups in total. The summed E-state index contributed by atoms with van der Waals surface area (Å²) in [6.07, 6.45) is -0.139. The molecule has 1 aromatic carbocycles. The van der Waals surface area contributed by atoms with E-state index in [0.29, 0.717) is 30.4 Å². The van der Waals surface area contributed by atoms with Crippen LogP contribution in [0.4, 0.5) is 5.69 Å². The smallest absolute Gasteiger partial charge is 0.182 e. The lowest BCUT2D eigenvalue weighted by atomic mass is 10.1. The van der Waals surface area contributed by atoms with Gasteiger partial charge in [-0.2, -0.15) is 0 Å². The van der Waals surface area contributed by atoms with Crippen molar-refractivity contribution in [3.05, 3.63) is 18.2 Å². The van der Waals surface area contributed by atoms with Crippen molar-refractivity contribution in [2.75, 3.05) is 33.7 Å². The maximum absolute atomic E-state index is 5.86. The first-order chi connectivity index (χ1) is 10.2. The molecule has 0 aliphatic heterocycles. The van der Waals surface area contributed by atoms with E-state index in [1.54, 1.807) is 38.1 Å². The Bertz CT molecular complexity index is 587. The highest BCUT2D eigenvalue weighted by Gasteiger charge is 2.15. The van der Waals surface area contributed by atoms with Gasteiger partial charge in [-0.25, -0.2) is 4.68 Å². The van der Waals surface area contributed by atoms with Gasteiger partial charge in [-0.1, -0.05) is 0 Å². The average Bonchev–Trinajstić information content (AvgIpc) is 2.94. The van der Waals surface area contributed by atoms with Crippen LogP contribution in [0.1, 0.15) is 0 Å². The van der Waals surface area contributed by atoms with Gasteiger partial charge >= 0.3 is 0 Å². The predicted molar refractivity (Wildman–Crippen MR) is 76.9 cm³/mol. The summed E-state index contributed by atoms with van der Waals surface area (Å²) in [5, 5.41) is 11.7. The lowest BCUT2D eigenvalue weighted by Crippen LogP contribution is -2.25. The van der Waals surface area contributed by atoms with E-state index in [9.17, 15) is 0 Å². The van der Waals surface area contributed by atoms with Gasteiger partial charge in [0.2, 0.25) is 0 Å². The van der Waals surface area contributed by atoms with Crippen LogP contribution in [0.3, 0.4) is 0 Å². The van der Waals surface area contributed by atoms with Crippen molar-refractivity contribution >= 4 is 5.69 Å². The van der Waals surface area contributed by atoms with E-state index in [0.717, 1.165) is 5.56 Å². The fourth-order valence-electron chi connectivity index (χ4n) is 1.98. The summed E-state index contributed by atoms with van der Waals surface area (Å²) >= 11 is 0. The van der Waals surface area contributed by atoms with Crippen molar-refractivity contribution < 1.29 is 14.2 Å². The van der Waals surface area contributed by atoms with Gasteiger partial charge in [0.15, 0.2) is 5.82 Å². The fraction of sp³-hybridized carbons (Fsp3) is 0.462. The minimum Gasteiger partial charge on any atom is -0.497 e. The number of rotatable bonds is 7. The van der Waals surface area contributed by atoms with Crippen LogP contribution in [0.15, 0.2) is 18.2 Å². The number of tetrazole rings is 1. The molecule has 0 saturated heterocycles. The van der Waals surface area contributed by atoms with E-state index in [1.807, 2.05) is 6.07 Å². The largest absolute Gasteiger partial charge is 0.497 e. The van der Waals surface area contributed by atoms with Gasteiger partial charge < -0.3 is 19.9 Å². The SMILES string of the molecule is COCC(Cn1nnnc1-c1cc(N)cc(OC)c1)OC. The molecule has 8 heteroatoms. The lowest BCUT2D eigenvalue weighted by Gasteiger charge is -2.15. The molecule has 1 heterocycles. The van der Waals surface area contributed by atoms with Gasteiger partial charge in [-0.3, -0.25) is 0 Å². The highest BCUT2D eigenvalue weighted by molar-refractivity contribution is 5.64. The van der Waals surface area contributed by atoms with Crippen molar-refractivity contribution in [1.82, 2.24) is 20.2 Å². The van der Waals surface area contributed by atoms with Crippen molar-refractivity contribution in [2.24, 2.45) is 0 Å². The molecular formula is C13H19N5O3. The third kappa shape index (κ3) is 3.67. The molecule has 8 nitrogen and oxygen atoms in total. The Balaban J connectivity index is 2.29. The topological polar surface area (TPSA) is 97.3 Å². The van der Waals surface area contributed by atoms with E-state index >= 15 is 0 Å². The molecular weight excluding hydrogens is 274 g/mol. The first-order valence-electron chi connectivity index (χ1n) is 6.40. The quantitative estimate of drug-likeness (QED) is 0.746. The minimum absolute atomic E-state index is 0.139. The van der Waals surface area contributed by atoms with Crippen LogP contribution < -0.4 is 10.5 Å². The number of hydrogen-bond acceptors (Lipinski definition) is 7. The molecule has 2 rings (SSSR count). The van der Waals surface area contributed by atoms with Gasteiger partial charge in [-0.15, -0.1) is 5.10 Å². The molecule has 0 aliphatic rings. The standard InChI is InChI=1S/C13H19N5O3/c1-19-8-12(21-3)7-18-13(15-16-17-18)9-4-10(14)6-11(5-9)20-2/h4-6,12H,7-8,14H2,1-3H3. The van der Waals surface area contributed by atoms with E-state index in [2.05, 4.69) is 15.5 Å². The highest BCUT2D eigenvalue weighted by Crippen LogP contribution is 2.25. The van der Waals surface area contributed by atoms with Crippen LogP contribution in [-0.4, -0.2) is 54.2 Å². The van der Waals surface area contributed by atoms with Crippen molar-refractivity contribution in [1.29, 1.82) is 0 Å². The van der Waals surface area contributed by atoms with E-state index in [4.69, 9.17) is 19.9 Å². The average molecular weight is 293 g/mol. The monoisotopic (exact) mass is 293 g/mol. The number of ether oxygens (including phenoxy) is 3. The molecule has 21 heavy (non-hydrogen) atoms. The molecule has 0 amide bonds. The van der Waals surface area contributed by atoms with Crippen LogP contribution in [-0.2, 0) is 16.0 Å². The van der Waals surface area contributed by atoms with Gasteiger partial charge in [0, 0.05) is 31.5 Å². The molecule has 2 aromatic rings. The zero-order valence-corrected chi connectivity index (χ0v) is 12.3. The number of nitrogens with two attached hydrogens (primary N) is 1. The molecule has 0 spiro atoms. The number of methoxy groups -OCH3 is 3. The van der Waals surface area contributed by atoms with E-state index < -0.39 is 0 Å². The predicted octanol–water partition coefficient (Wildman–Crippen LogP) is 0.592. The van der Waals surface area contributed by atoms with Gasteiger partial charge in [0.25, 0.3) is 0 Å². The molecule has 1 atom stereocenters. The number of anilines is 1. The van der Waals surface area contributed by atoms with Gasteiger partial charge in [0.05, 0.1) is 20.3 Å². The summed E-state index contributed by atoms with van der Waals surface area (Å²) < 4.78 is 17.3. The van der Waals surface area contributed by atoms with Gasteiger partial charge in [0.1, 0.15) is 11.9 Å². The molecule has 0 bridgehead atoms. The van der Waals surface area contributed by atoms with Crippen LogP contribution in [0, 0.1) is 0 Å². The van der Waals surface area contributed by atoms with Crippen molar-refractivity contribution in [3.8, 4) is 17.1 Å². The number of benzene rings is 1. The zero-order valence-electron chi connectivity index (χ0n) is 12.3. The summed E-state index contributed by atoms with van der Waals surface area (Å²) in [6.45, 7) is 0.930. The van der Waals surface area contributed by atoms with Crippen LogP contribution in [0.2, 0.25) is 0 Å². The van der Waals surface area contributed by atoms with Crippen LogP contribution >= 0.6 is 0 Å². The van der Waals surface area contributed by atoms with E-state index in [1.165, 1.54) is 0 Å². The van der Waals surface area contributed by atoms with Crippen LogP contribution in [0.5, 0.6) is 5.75 Å². The molecule has 0 radical (unpaired) electrons. The van der Waals surface area contributed by atoms with Gasteiger partial charge in [-0.05, 0) is 22.6 Å². The summed E-state index contributed by atoms with van der Waals surface area (Å²) in [5.74, 6) is 1.25. The maximum atomic E-state index is 5.86. The summed E-state index contributed by atoms with van der Waals surface area (Å²) in [7, 11) is 4.83. The second-order valence-corrected chi connectivity index (χ2v) is 4.49. The normalized spacial score (nSPS) is 12.3. The first-order valence-corrected chi connectivity index (χ1v) is 6.40. The fourth-order valence-corrected chi connectivity index (χ4v) is 1.98. The Hall–Kier alpha value is -2.19. The second kappa shape index (κ2) is 7.00. The Morgan fingerprint density at radius 3 is 2.71 bits per heavy atom. The van der Waals surface area contributed by atoms with Crippen molar-refractivity contribution in [3.63, 3.8) is 0 Å². The Morgan fingerprint density at radius 2 is 2.05 bits per heavy atom. The third-order valence-electron chi connectivity index (χ3n) is 3.02. The molecule has 0 fully saturated rings. The first kappa shape index (κ1) is 15.2. The maximum Gasteiger partial charge on any atom is 0.182 e.